The van der Waals surface area contributed by atoms with E-state index in [1.54, 1.807) is 17.0 Å². The van der Waals surface area contributed by atoms with E-state index in [2.05, 4.69) is 10.6 Å². The van der Waals surface area contributed by atoms with Crippen LogP contribution in [0.5, 0.6) is 0 Å². The summed E-state index contributed by atoms with van der Waals surface area (Å²) < 4.78 is 6.03. The van der Waals surface area contributed by atoms with Crippen LogP contribution in [0.25, 0.3) is 0 Å². The lowest BCUT2D eigenvalue weighted by molar-refractivity contribution is -0.142. The molecule has 0 saturated carbocycles. The van der Waals surface area contributed by atoms with Gasteiger partial charge in [-0.05, 0) is 112 Å². The fourth-order valence-corrected chi connectivity index (χ4v) is 8.15. The van der Waals surface area contributed by atoms with Crippen LogP contribution in [0.15, 0.2) is 36.4 Å². The predicted molar refractivity (Wildman–Crippen MR) is 187 cm³/mol. The highest BCUT2D eigenvalue weighted by atomic mass is 35.5. The summed E-state index contributed by atoms with van der Waals surface area (Å²) in [5.41, 5.74) is 3.51. The highest BCUT2D eigenvalue weighted by Crippen LogP contribution is 2.32. The van der Waals surface area contributed by atoms with E-state index in [1.807, 2.05) is 41.0 Å². The van der Waals surface area contributed by atoms with E-state index < -0.39 is 12.2 Å². The number of hydrogen-bond acceptors (Lipinski definition) is 5. The third-order valence-electron chi connectivity index (χ3n) is 10.5. The maximum atomic E-state index is 14.0. The lowest BCUT2D eigenvalue weighted by atomic mass is 9.79. The minimum Gasteiger partial charge on any atom is -0.436 e. The van der Waals surface area contributed by atoms with Crippen LogP contribution in [0, 0.1) is 18.8 Å². The van der Waals surface area contributed by atoms with Gasteiger partial charge in [0, 0.05) is 60.9 Å². The van der Waals surface area contributed by atoms with E-state index in [-0.39, 0.29) is 31.8 Å². The molecule has 4 heterocycles. The van der Waals surface area contributed by atoms with Gasteiger partial charge in [-0.15, -0.1) is 0 Å². The van der Waals surface area contributed by atoms with Crippen molar-refractivity contribution in [2.75, 3.05) is 51.1 Å². The second-order valence-electron chi connectivity index (χ2n) is 13.3. The van der Waals surface area contributed by atoms with E-state index in [9.17, 15) is 14.4 Å². The van der Waals surface area contributed by atoms with E-state index >= 15 is 0 Å². The van der Waals surface area contributed by atoms with Gasteiger partial charge in [-0.25, -0.2) is 9.59 Å². The predicted octanol–water partition coefficient (Wildman–Crippen LogP) is 6.78. The topological polar surface area (TPSA) is 94.2 Å². The number of piperidine rings is 3. The number of carbonyl (C=O) groups is 3. The van der Waals surface area contributed by atoms with Crippen LogP contribution >= 0.6 is 23.2 Å². The molecule has 2 aromatic carbocycles. The van der Waals surface area contributed by atoms with Gasteiger partial charge < -0.3 is 30.1 Å². The summed E-state index contributed by atoms with van der Waals surface area (Å²) in [6.07, 6.45) is 5.12. The molecule has 0 aromatic heterocycles. The zero-order valence-corrected chi connectivity index (χ0v) is 28.1. The van der Waals surface area contributed by atoms with Gasteiger partial charge in [-0.1, -0.05) is 48.8 Å². The molecule has 4 aliphatic heterocycles. The number of nitrogens with one attached hydrogen (secondary N) is 2. The third kappa shape index (κ3) is 8.35. The number of ether oxygens (including phenoxy) is 1. The summed E-state index contributed by atoms with van der Waals surface area (Å²) in [6.45, 7) is 6.86. The zero-order valence-electron chi connectivity index (χ0n) is 26.6. The SMILES string of the molecule is C.Cc1c(Cl)cc(C[C@@H](OC(=O)N2CCC(N3CCc4ccccc4NC3=O)CC2)C(=O)N2CCC(C3CCNCC3)CC2)cc1Cl. The molecule has 4 aliphatic rings. The normalized spacial score (nSPS) is 20.5. The Morgan fingerprint density at radius 2 is 1.51 bits per heavy atom. The molecule has 0 radical (unpaired) electrons. The lowest BCUT2D eigenvalue weighted by Gasteiger charge is -2.39. The molecule has 47 heavy (non-hydrogen) atoms. The minimum atomic E-state index is -0.981. The molecule has 6 rings (SSSR count). The van der Waals surface area contributed by atoms with Crippen molar-refractivity contribution in [1.82, 2.24) is 20.0 Å². The van der Waals surface area contributed by atoms with Crippen molar-refractivity contribution in [2.24, 2.45) is 11.8 Å². The van der Waals surface area contributed by atoms with Crippen LogP contribution in [0.1, 0.15) is 62.6 Å². The summed E-state index contributed by atoms with van der Waals surface area (Å²) in [4.78, 5) is 46.0. The van der Waals surface area contributed by atoms with E-state index in [1.165, 1.54) is 12.8 Å². The van der Waals surface area contributed by atoms with E-state index in [0.717, 1.165) is 54.7 Å². The molecule has 0 bridgehead atoms. The number of hydrogen-bond donors (Lipinski definition) is 2. The smallest absolute Gasteiger partial charge is 0.410 e. The second kappa shape index (κ2) is 15.9. The Morgan fingerprint density at radius 1 is 0.894 bits per heavy atom. The Bertz CT molecular complexity index is 1390. The molecule has 0 aliphatic carbocycles. The van der Waals surface area contributed by atoms with Crippen molar-refractivity contribution in [3.8, 4) is 0 Å². The Balaban J connectivity index is 0.00000433. The fraction of sp³-hybridized carbons (Fsp3) is 0.583. The maximum absolute atomic E-state index is 14.0. The van der Waals surface area contributed by atoms with Crippen LogP contribution in [-0.4, -0.2) is 90.7 Å². The molecular weight excluding hydrogens is 637 g/mol. The van der Waals surface area contributed by atoms with Crippen molar-refractivity contribution < 1.29 is 19.1 Å². The largest absolute Gasteiger partial charge is 0.436 e. The number of likely N-dealkylation sites (tertiary alicyclic amines) is 2. The number of amides is 4. The number of para-hydroxylation sites is 1. The summed E-state index contributed by atoms with van der Waals surface area (Å²) in [6, 6.07) is 11.4. The number of rotatable bonds is 6. The summed E-state index contributed by atoms with van der Waals surface area (Å²) in [7, 11) is 0. The van der Waals surface area contributed by atoms with Gasteiger partial charge in [0.1, 0.15) is 0 Å². The van der Waals surface area contributed by atoms with E-state index in [4.69, 9.17) is 27.9 Å². The highest BCUT2D eigenvalue weighted by Gasteiger charge is 2.36. The zero-order chi connectivity index (χ0) is 32.2. The standard InChI is InChI=1S/C35H45Cl2N5O4.CH4/c1-23-29(36)20-24(21-30(23)37)22-32(33(43)40-15-8-26(9-16-40)25-6-13-38-14-7-25)46-35(45)41-17-11-28(12-18-41)42-19-10-27-4-2-3-5-31(27)39-34(42)44;/h2-5,20-21,25-26,28,32,38H,6-19,22H2,1H3,(H,39,44);1H4/t32-;/m1./s1. The van der Waals surface area contributed by atoms with Crippen molar-refractivity contribution in [1.29, 1.82) is 0 Å². The number of halogens is 2. The average Bonchev–Trinajstić information content (AvgIpc) is 3.25. The first-order valence-electron chi connectivity index (χ1n) is 16.8. The molecule has 0 unspecified atom stereocenters. The molecular formula is C36H49Cl2N5O4. The van der Waals surface area contributed by atoms with Crippen molar-refractivity contribution >= 4 is 46.9 Å². The summed E-state index contributed by atoms with van der Waals surface area (Å²) in [5.74, 6) is 1.17. The van der Waals surface area contributed by atoms with Crippen LogP contribution in [0.2, 0.25) is 10.0 Å². The Hall–Kier alpha value is -3.01. The molecule has 11 heteroatoms. The summed E-state index contributed by atoms with van der Waals surface area (Å²) in [5, 5.41) is 7.53. The van der Waals surface area contributed by atoms with Crippen LogP contribution in [0.3, 0.4) is 0 Å². The number of anilines is 1. The van der Waals surface area contributed by atoms with Crippen LogP contribution < -0.4 is 10.6 Å². The molecule has 3 saturated heterocycles. The van der Waals surface area contributed by atoms with Crippen molar-refractivity contribution in [3.63, 3.8) is 0 Å². The highest BCUT2D eigenvalue weighted by molar-refractivity contribution is 6.36. The molecule has 3 fully saturated rings. The number of benzene rings is 2. The monoisotopic (exact) mass is 685 g/mol. The Morgan fingerprint density at radius 3 is 2.19 bits per heavy atom. The summed E-state index contributed by atoms with van der Waals surface area (Å²) >= 11 is 12.9. The molecule has 2 aromatic rings. The molecule has 4 amide bonds. The van der Waals surface area contributed by atoms with Crippen LogP contribution in [0.4, 0.5) is 15.3 Å². The van der Waals surface area contributed by atoms with Gasteiger partial charge in [0.2, 0.25) is 0 Å². The molecule has 256 valence electrons. The Kier molecular flexibility index (Phi) is 12.0. The number of carbonyl (C=O) groups excluding carboxylic acids is 3. The van der Waals surface area contributed by atoms with Crippen LogP contribution in [-0.2, 0) is 22.4 Å². The maximum Gasteiger partial charge on any atom is 0.410 e. The van der Waals surface area contributed by atoms with Gasteiger partial charge in [-0.2, -0.15) is 0 Å². The van der Waals surface area contributed by atoms with Gasteiger partial charge in [0.05, 0.1) is 0 Å². The van der Waals surface area contributed by atoms with Crippen molar-refractivity contribution in [3.05, 3.63) is 63.1 Å². The Labute approximate surface area is 289 Å². The molecule has 0 spiro atoms. The number of urea groups is 1. The van der Waals surface area contributed by atoms with Gasteiger partial charge in [-0.3, -0.25) is 4.79 Å². The van der Waals surface area contributed by atoms with E-state index in [0.29, 0.717) is 67.4 Å². The minimum absolute atomic E-state index is 0. The van der Waals surface area contributed by atoms with Gasteiger partial charge >= 0.3 is 12.1 Å². The molecule has 9 nitrogen and oxygen atoms in total. The third-order valence-corrected chi connectivity index (χ3v) is 11.3. The van der Waals surface area contributed by atoms with Gasteiger partial charge in [0.25, 0.3) is 5.91 Å². The first-order valence-corrected chi connectivity index (χ1v) is 17.6. The first kappa shape index (κ1) is 35.3. The average molecular weight is 687 g/mol. The van der Waals surface area contributed by atoms with Crippen molar-refractivity contribution in [2.45, 2.75) is 77.9 Å². The molecule has 1 atom stereocenters. The molecule has 2 N–H and O–H groups in total. The second-order valence-corrected chi connectivity index (χ2v) is 14.1. The van der Waals surface area contributed by atoms with Gasteiger partial charge in [0.15, 0.2) is 6.10 Å². The number of nitrogens with zero attached hydrogens (tertiary/aromatic N) is 3. The number of fused-ring (bicyclic) bond motifs is 1. The quantitative estimate of drug-likeness (QED) is 0.350. The lowest BCUT2D eigenvalue weighted by Crippen LogP contribution is -2.52. The fourth-order valence-electron chi connectivity index (χ4n) is 7.61. The first-order chi connectivity index (χ1) is 22.3.